The fourth-order valence-corrected chi connectivity index (χ4v) is 3.03. The number of nitrogens with zero attached hydrogens (tertiary/aromatic N) is 4. The van der Waals surface area contributed by atoms with E-state index in [0.29, 0.717) is 23.1 Å². The minimum absolute atomic E-state index is 0.157. The molecule has 2 N–H and O–H groups in total. The van der Waals surface area contributed by atoms with E-state index in [9.17, 15) is 10.1 Å². The fourth-order valence-electron chi connectivity index (χ4n) is 2.45. The van der Waals surface area contributed by atoms with Gasteiger partial charge >= 0.3 is 0 Å². The largest absolute Gasteiger partial charge is 0.467 e. The summed E-state index contributed by atoms with van der Waals surface area (Å²) in [6.07, 6.45) is 2.98. The maximum atomic E-state index is 12.3. The number of anilines is 1. The molecule has 3 aromatic heterocycles. The number of aromatic amines is 1. The van der Waals surface area contributed by atoms with E-state index < -0.39 is 0 Å². The number of H-pyrrole nitrogens is 1. The van der Waals surface area contributed by atoms with Crippen LogP contribution in [0.2, 0.25) is 0 Å². The van der Waals surface area contributed by atoms with Gasteiger partial charge in [-0.3, -0.25) is 9.89 Å². The lowest BCUT2D eigenvalue weighted by Crippen LogP contribution is -2.18. The molecule has 0 spiro atoms. The molecule has 0 radical (unpaired) electrons. The van der Waals surface area contributed by atoms with Crippen molar-refractivity contribution >= 4 is 23.5 Å². The van der Waals surface area contributed by atoms with Gasteiger partial charge in [-0.15, -0.1) is 0 Å². The summed E-state index contributed by atoms with van der Waals surface area (Å²) < 4.78 is 7.27. The Kier molecular flexibility index (Phi) is 4.90. The number of rotatable bonds is 6. The third-order valence-corrected chi connectivity index (χ3v) is 4.70. The quantitative estimate of drug-likeness (QED) is 0.656. The lowest BCUT2D eigenvalue weighted by atomic mass is 10.2. The molecular formula is C16H16N6O2S. The lowest BCUT2D eigenvalue weighted by Gasteiger charge is -2.11. The van der Waals surface area contributed by atoms with Crippen LogP contribution in [-0.4, -0.2) is 31.4 Å². The van der Waals surface area contributed by atoms with Crippen LogP contribution in [0.4, 0.5) is 5.82 Å². The molecule has 3 heterocycles. The van der Waals surface area contributed by atoms with E-state index in [0.717, 1.165) is 17.0 Å². The zero-order valence-electron chi connectivity index (χ0n) is 13.7. The first-order valence-corrected chi connectivity index (χ1v) is 8.49. The van der Waals surface area contributed by atoms with E-state index >= 15 is 0 Å². The number of aromatic nitrogens is 4. The van der Waals surface area contributed by atoms with E-state index in [4.69, 9.17) is 4.42 Å². The van der Waals surface area contributed by atoms with E-state index in [-0.39, 0.29) is 11.7 Å². The summed E-state index contributed by atoms with van der Waals surface area (Å²) in [6.45, 7) is 4.22. The number of nitrogens with one attached hydrogen (secondary N) is 2. The van der Waals surface area contributed by atoms with Gasteiger partial charge in [0, 0.05) is 5.69 Å². The highest BCUT2D eigenvalue weighted by Crippen LogP contribution is 2.27. The second kappa shape index (κ2) is 7.27. The van der Waals surface area contributed by atoms with E-state index in [1.54, 1.807) is 12.3 Å². The first-order valence-electron chi connectivity index (χ1n) is 7.50. The van der Waals surface area contributed by atoms with Crippen molar-refractivity contribution in [2.24, 2.45) is 0 Å². The van der Waals surface area contributed by atoms with Gasteiger partial charge in [-0.05, 0) is 31.5 Å². The number of furan rings is 1. The standard InChI is InChI=1S/C16H16N6O2S/c1-10-11(2)22(7-12-4-3-5-24-12)15(13(10)6-17)20-14(23)8-25-16-18-9-19-21-16/h3-5,9H,7-8H2,1-2H3,(H,20,23)(H,18,19,21). The van der Waals surface area contributed by atoms with Crippen molar-refractivity contribution in [3.63, 3.8) is 0 Å². The molecule has 9 heteroatoms. The van der Waals surface area contributed by atoms with Crippen molar-refractivity contribution in [1.82, 2.24) is 19.7 Å². The Labute approximate surface area is 148 Å². The van der Waals surface area contributed by atoms with Crippen molar-refractivity contribution in [1.29, 1.82) is 5.26 Å². The molecule has 0 saturated carbocycles. The zero-order valence-corrected chi connectivity index (χ0v) is 14.6. The first kappa shape index (κ1) is 16.9. The van der Waals surface area contributed by atoms with Gasteiger partial charge in [0.1, 0.15) is 24.0 Å². The Morgan fingerprint density at radius 2 is 2.36 bits per heavy atom. The maximum Gasteiger partial charge on any atom is 0.235 e. The van der Waals surface area contributed by atoms with Gasteiger partial charge in [0.15, 0.2) is 5.16 Å². The van der Waals surface area contributed by atoms with E-state index in [1.165, 1.54) is 18.1 Å². The van der Waals surface area contributed by atoms with Gasteiger partial charge in [-0.1, -0.05) is 11.8 Å². The second-order valence-corrected chi connectivity index (χ2v) is 6.30. The molecule has 0 aliphatic rings. The van der Waals surface area contributed by atoms with Gasteiger partial charge in [0.2, 0.25) is 5.91 Å². The monoisotopic (exact) mass is 356 g/mol. The summed E-state index contributed by atoms with van der Waals surface area (Å²) >= 11 is 1.24. The number of hydrogen-bond donors (Lipinski definition) is 2. The van der Waals surface area contributed by atoms with Crippen LogP contribution in [0.15, 0.2) is 34.3 Å². The van der Waals surface area contributed by atoms with Crippen LogP contribution in [0.1, 0.15) is 22.6 Å². The highest BCUT2D eigenvalue weighted by molar-refractivity contribution is 7.99. The third-order valence-electron chi connectivity index (χ3n) is 3.83. The van der Waals surface area contributed by atoms with E-state index in [2.05, 4.69) is 26.6 Å². The van der Waals surface area contributed by atoms with Crippen molar-refractivity contribution in [2.45, 2.75) is 25.5 Å². The Balaban J connectivity index is 1.82. The minimum atomic E-state index is -0.226. The first-order chi connectivity index (χ1) is 12.1. The molecule has 0 unspecified atom stereocenters. The average Bonchev–Trinajstić information content (AvgIpc) is 3.33. The lowest BCUT2D eigenvalue weighted by molar-refractivity contribution is -0.113. The fraction of sp³-hybridized carbons (Fsp3) is 0.250. The van der Waals surface area contributed by atoms with Crippen LogP contribution in [0, 0.1) is 25.2 Å². The van der Waals surface area contributed by atoms with Gasteiger partial charge in [-0.2, -0.15) is 10.4 Å². The number of thioether (sulfide) groups is 1. The Morgan fingerprint density at radius 3 is 3.00 bits per heavy atom. The molecule has 0 atom stereocenters. The van der Waals surface area contributed by atoms with Crippen molar-refractivity contribution in [3.8, 4) is 6.07 Å². The topological polar surface area (TPSA) is 113 Å². The number of carbonyl (C=O) groups is 1. The van der Waals surface area contributed by atoms with E-state index in [1.807, 2.05) is 24.5 Å². The summed E-state index contributed by atoms with van der Waals surface area (Å²) in [5.41, 5.74) is 2.21. The van der Waals surface area contributed by atoms with Crippen LogP contribution in [0.3, 0.4) is 0 Å². The van der Waals surface area contributed by atoms with Crippen molar-refractivity contribution in [3.05, 3.63) is 47.3 Å². The Bertz CT molecular complexity index is 906. The van der Waals surface area contributed by atoms with Crippen LogP contribution in [0.25, 0.3) is 0 Å². The average molecular weight is 356 g/mol. The highest BCUT2D eigenvalue weighted by atomic mass is 32.2. The number of amides is 1. The molecule has 25 heavy (non-hydrogen) atoms. The molecule has 0 aromatic carbocycles. The van der Waals surface area contributed by atoms with Crippen molar-refractivity contribution in [2.75, 3.05) is 11.1 Å². The van der Waals surface area contributed by atoms with Crippen molar-refractivity contribution < 1.29 is 9.21 Å². The predicted octanol–water partition coefficient (Wildman–Crippen LogP) is 2.47. The molecule has 8 nitrogen and oxygen atoms in total. The number of carbonyl (C=O) groups excluding carboxylic acids is 1. The third kappa shape index (κ3) is 3.59. The number of hydrogen-bond acceptors (Lipinski definition) is 6. The molecule has 1 amide bonds. The van der Waals surface area contributed by atoms with Gasteiger partial charge in [0.05, 0.1) is 24.1 Å². The molecule has 0 fully saturated rings. The summed E-state index contributed by atoms with van der Waals surface area (Å²) in [5, 5.41) is 19.3. The van der Waals surface area contributed by atoms with Crippen LogP contribution >= 0.6 is 11.8 Å². The second-order valence-electron chi connectivity index (χ2n) is 5.34. The molecule has 3 rings (SSSR count). The Morgan fingerprint density at radius 1 is 1.52 bits per heavy atom. The Hall–Kier alpha value is -2.99. The maximum absolute atomic E-state index is 12.3. The predicted molar refractivity (Wildman–Crippen MR) is 92.2 cm³/mol. The molecule has 0 aliphatic heterocycles. The molecule has 0 saturated heterocycles. The minimum Gasteiger partial charge on any atom is -0.467 e. The molecule has 0 aliphatic carbocycles. The number of nitriles is 1. The normalized spacial score (nSPS) is 10.6. The van der Waals surface area contributed by atoms with Crippen LogP contribution in [0.5, 0.6) is 0 Å². The summed E-state index contributed by atoms with van der Waals surface area (Å²) in [6, 6.07) is 5.84. The molecule has 3 aromatic rings. The SMILES string of the molecule is Cc1c(C#N)c(NC(=O)CSc2ncn[nH]2)n(Cc2ccco2)c1C. The van der Waals surface area contributed by atoms with Gasteiger partial charge < -0.3 is 14.3 Å². The van der Waals surface area contributed by atoms with Crippen LogP contribution < -0.4 is 5.32 Å². The summed E-state index contributed by atoms with van der Waals surface area (Å²) in [7, 11) is 0. The van der Waals surface area contributed by atoms with Gasteiger partial charge in [0.25, 0.3) is 0 Å². The van der Waals surface area contributed by atoms with Gasteiger partial charge in [-0.25, -0.2) is 4.98 Å². The summed E-state index contributed by atoms with van der Waals surface area (Å²) in [5.74, 6) is 1.16. The molecular weight excluding hydrogens is 340 g/mol. The molecule has 0 bridgehead atoms. The summed E-state index contributed by atoms with van der Waals surface area (Å²) in [4.78, 5) is 16.3. The highest BCUT2D eigenvalue weighted by Gasteiger charge is 2.20. The zero-order chi connectivity index (χ0) is 17.8. The van der Waals surface area contributed by atoms with Crippen LogP contribution in [-0.2, 0) is 11.3 Å². The smallest absolute Gasteiger partial charge is 0.235 e. The molecule has 128 valence electrons.